The zero-order chi connectivity index (χ0) is 25.3. The molecule has 7 nitrogen and oxygen atoms in total. The summed E-state index contributed by atoms with van der Waals surface area (Å²) < 4.78 is 25.0. The van der Waals surface area contributed by atoms with Crippen LogP contribution in [0, 0.1) is 0 Å². The third-order valence-corrected chi connectivity index (χ3v) is 8.96. The zero-order valence-electron chi connectivity index (χ0n) is 20.4. The van der Waals surface area contributed by atoms with Crippen LogP contribution in [0.5, 0.6) is 0 Å². The molecule has 185 valence electrons. The Morgan fingerprint density at radius 2 is 1.69 bits per heavy atom. The number of pyridine rings is 1. The third-order valence-electron chi connectivity index (χ3n) is 6.79. The van der Waals surface area contributed by atoms with Crippen LogP contribution in [-0.4, -0.2) is 37.6 Å². The van der Waals surface area contributed by atoms with Crippen molar-refractivity contribution in [1.82, 2.24) is 15.6 Å². The number of nitrogens with one attached hydrogen (secondary N) is 2. The molecule has 1 aromatic heterocycles. The van der Waals surface area contributed by atoms with Crippen LogP contribution in [0.3, 0.4) is 0 Å². The van der Waals surface area contributed by atoms with Gasteiger partial charge in [0, 0.05) is 17.5 Å². The van der Waals surface area contributed by atoms with Crippen LogP contribution in [0.4, 0.5) is 11.5 Å². The van der Waals surface area contributed by atoms with Gasteiger partial charge in [0.05, 0.1) is 21.4 Å². The second kappa shape index (κ2) is 9.87. The highest BCUT2D eigenvalue weighted by Gasteiger charge is 2.23. The molecule has 0 saturated carbocycles. The summed E-state index contributed by atoms with van der Waals surface area (Å²) in [4.78, 5) is 17.7. The van der Waals surface area contributed by atoms with Crippen molar-refractivity contribution in [3.05, 3.63) is 77.5 Å². The van der Waals surface area contributed by atoms with Crippen molar-refractivity contribution in [2.45, 2.75) is 42.8 Å². The number of carbonyl (C=O) groups is 1. The van der Waals surface area contributed by atoms with Crippen LogP contribution < -0.4 is 16.0 Å². The van der Waals surface area contributed by atoms with Gasteiger partial charge in [0.2, 0.25) is 0 Å². The standard InChI is InChI=1S/C28H29N4O3S/c1-18(2)36(34,35)24-9-5-21(6-10-24)25-17-22-13-16-30-28(33)26(22)27(32-25)31-23-7-3-19(4-8-23)20-11-14-29-15-12-20/h3-10,13,16-18,20,29H,11-12,14-15H2,1-2H3,(H,31,32). The molecule has 8 heteroatoms. The van der Waals surface area contributed by atoms with Crippen LogP contribution >= 0.6 is 0 Å². The second-order valence-electron chi connectivity index (χ2n) is 9.46. The Morgan fingerprint density at radius 3 is 2.36 bits per heavy atom. The van der Waals surface area contributed by atoms with Gasteiger partial charge in [-0.05, 0) is 93.2 Å². The average molecular weight is 502 g/mol. The summed E-state index contributed by atoms with van der Waals surface area (Å²) in [6, 6.07) is 16.8. The second-order valence-corrected chi connectivity index (χ2v) is 12.0. The molecule has 0 aliphatic carbocycles. The lowest BCUT2D eigenvalue weighted by Gasteiger charge is -2.23. The summed E-state index contributed by atoms with van der Waals surface area (Å²) in [5.41, 5.74) is 4.68. The lowest BCUT2D eigenvalue weighted by Crippen LogP contribution is -2.26. The number of rotatable bonds is 6. The molecule has 5 rings (SSSR count). The van der Waals surface area contributed by atoms with Crippen LogP contribution in [0.1, 0.15) is 54.1 Å². The monoisotopic (exact) mass is 501 g/mol. The fourth-order valence-corrected chi connectivity index (χ4v) is 5.69. The van der Waals surface area contributed by atoms with E-state index < -0.39 is 15.1 Å². The van der Waals surface area contributed by atoms with E-state index in [0.717, 1.165) is 37.2 Å². The van der Waals surface area contributed by atoms with E-state index in [9.17, 15) is 13.2 Å². The predicted molar refractivity (Wildman–Crippen MR) is 142 cm³/mol. The Hall–Kier alpha value is -3.49. The van der Waals surface area contributed by atoms with Crippen LogP contribution in [-0.2, 0) is 9.84 Å². The fraction of sp³-hybridized carbons (Fsp3) is 0.286. The maximum atomic E-state index is 12.7. The first kappa shape index (κ1) is 24.2. The minimum atomic E-state index is -3.36. The number of nitrogens with zero attached hydrogens (tertiary/aromatic N) is 2. The summed E-state index contributed by atoms with van der Waals surface area (Å²) in [5.74, 6) is 0.635. The number of benzene rings is 2. The SMILES string of the molecule is CC(C)S(=O)(=O)c1ccc(-c2cc3c(c(Nc4ccc(C5CCNCC5)cc4)n2)C(=O)[N]C=C3)cc1. The quantitative estimate of drug-likeness (QED) is 0.500. The molecule has 36 heavy (non-hydrogen) atoms. The Labute approximate surface area is 212 Å². The van der Waals surface area contributed by atoms with E-state index in [0.29, 0.717) is 28.6 Å². The molecule has 0 unspecified atom stereocenters. The molecule has 0 atom stereocenters. The predicted octanol–water partition coefficient (Wildman–Crippen LogP) is 4.87. The van der Waals surface area contributed by atoms with Gasteiger partial charge in [-0.2, -0.15) is 0 Å². The molecule has 2 N–H and O–H groups in total. The zero-order valence-corrected chi connectivity index (χ0v) is 21.2. The molecule has 1 saturated heterocycles. The Kier molecular flexibility index (Phi) is 6.64. The van der Waals surface area contributed by atoms with Crippen molar-refractivity contribution in [3.8, 4) is 11.3 Å². The largest absolute Gasteiger partial charge is 0.340 e. The molecule has 1 amide bonds. The van der Waals surface area contributed by atoms with Crippen molar-refractivity contribution in [1.29, 1.82) is 0 Å². The number of sulfone groups is 1. The van der Waals surface area contributed by atoms with Crippen molar-refractivity contribution in [3.63, 3.8) is 0 Å². The maximum Gasteiger partial charge on any atom is 0.281 e. The molecule has 2 aliphatic heterocycles. The Balaban J connectivity index is 1.48. The van der Waals surface area contributed by atoms with Gasteiger partial charge >= 0.3 is 0 Å². The number of piperidine rings is 1. The Morgan fingerprint density at radius 1 is 1.00 bits per heavy atom. The van der Waals surface area contributed by atoms with Crippen molar-refractivity contribution >= 4 is 33.3 Å². The molecule has 1 radical (unpaired) electrons. The number of hydrogen-bond acceptors (Lipinski definition) is 6. The molecule has 0 bridgehead atoms. The number of aromatic nitrogens is 1. The lowest BCUT2D eigenvalue weighted by atomic mass is 9.90. The first-order valence-corrected chi connectivity index (χ1v) is 13.8. The van der Waals surface area contributed by atoms with E-state index in [1.54, 1.807) is 44.2 Å². The van der Waals surface area contributed by atoms with E-state index in [1.165, 1.54) is 11.8 Å². The van der Waals surface area contributed by atoms with Crippen molar-refractivity contribution < 1.29 is 13.2 Å². The molecule has 3 heterocycles. The van der Waals surface area contributed by atoms with Crippen molar-refractivity contribution in [2.24, 2.45) is 0 Å². The van der Waals surface area contributed by atoms with E-state index in [2.05, 4.69) is 28.1 Å². The minimum Gasteiger partial charge on any atom is -0.340 e. The highest BCUT2D eigenvalue weighted by atomic mass is 32.2. The molecule has 1 fully saturated rings. The van der Waals surface area contributed by atoms with E-state index in [4.69, 9.17) is 4.98 Å². The van der Waals surface area contributed by atoms with E-state index in [1.807, 2.05) is 18.2 Å². The summed E-state index contributed by atoms with van der Waals surface area (Å²) >= 11 is 0. The number of hydrogen-bond donors (Lipinski definition) is 2. The van der Waals surface area contributed by atoms with E-state index >= 15 is 0 Å². The molecular weight excluding hydrogens is 472 g/mol. The number of anilines is 2. The van der Waals surface area contributed by atoms with Crippen molar-refractivity contribution in [2.75, 3.05) is 18.4 Å². The molecular formula is C28H29N4O3S. The average Bonchev–Trinajstić information content (AvgIpc) is 2.89. The van der Waals surface area contributed by atoms with Gasteiger partial charge in [-0.15, -0.1) is 0 Å². The molecule has 2 aliphatic rings. The van der Waals surface area contributed by atoms with Gasteiger partial charge in [0.15, 0.2) is 9.84 Å². The summed E-state index contributed by atoms with van der Waals surface area (Å²) in [7, 11) is -3.36. The highest BCUT2D eigenvalue weighted by molar-refractivity contribution is 7.92. The summed E-state index contributed by atoms with van der Waals surface area (Å²) in [5, 5.41) is 10.2. The molecule has 2 aromatic carbocycles. The third kappa shape index (κ3) is 4.79. The lowest BCUT2D eigenvalue weighted by molar-refractivity contribution is 0.0965. The number of carbonyl (C=O) groups excluding carboxylic acids is 1. The number of amides is 1. The van der Waals surface area contributed by atoms with E-state index in [-0.39, 0.29) is 10.8 Å². The van der Waals surface area contributed by atoms with Crippen LogP contribution in [0.15, 0.2) is 65.7 Å². The van der Waals surface area contributed by atoms with Gasteiger partial charge in [0.1, 0.15) is 5.82 Å². The topological polar surface area (TPSA) is 102 Å². The normalized spacial score (nSPS) is 16.0. The first-order chi connectivity index (χ1) is 17.3. The van der Waals surface area contributed by atoms with Crippen LogP contribution in [0.2, 0.25) is 0 Å². The van der Waals surface area contributed by atoms with Gasteiger partial charge in [-0.25, -0.2) is 18.7 Å². The summed E-state index contributed by atoms with van der Waals surface area (Å²) in [6.07, 6.45) is 5.53. The molecule has 0 spiro atoms. The minimum absolute atomic E-state index is 0.278. The highest BCUT2D eigenvalue weighted by Crippen LogP contribution is 2.32. The first-order valence-electron chi connectivity index (χ1n) is 12.2. The van der Waals surface area contributed by atoms with Gasteiger partial charge in [0.25, 0.3) is 5.91 Å². The Bertz CT molecular complexity index is 1410. The molecule has 3 aromatic rings. The van der Waals surface area contributed by atoms with Gasteiger partial charge in [-0.1, -0.05) is 24.3 Å². The smallest absolute Gasteiger partial charge is 0.281 e. The van der Waals surface area contributed by atoms with Crippen LogP contribution in [0.25, 0.3) is 17.3 Å². The van der Waals surface area contributed by atoms with Gasteiger partial charge < -0.3 is 10.6 Å². The van der Waals surface area contributed by atoms with Gasteiger partial charge in [-0.3, -0.25) is 4.79 Å². The summed E-state index contributed by atoms with van der Waals surface area (Å²) in [6.45, 7) is 5.41. The fourth-order valence-electron chi connectivity index (χ4n) is 4.63. The maximum absolute atomic E-state index is 12.7. The number of fused-ring (bicyclic) bond motifs is 1.